The maximum Gasteiger partial charge on any atom is 0.346 e. The van der Waals surface area contributed by atoms with Crippen LogP contribution in [0.25, 0.3) is 10.2 Å². The van der Waals surface area contributed by atoms with Crippen LogP contribution in [0.4, 0.5) is 5.69 Å². The second-order valence-electron chi connectivity index (χ2n) is 6.26. The highest BCUT2D eigenvalue weighted by Gasteiger charge is 2.25. The first kappa shape index (κ1) is 20.8. The molecule has 0 radical (unpaired) electrons. The van der Waals surface area contributed by atoms with Crippen molar-refractivity contribution in [2.24, 2.45) is 0 Å². The van der Waals surface area contributed by atoms with Crippen molar-refractivity contribution in [3.8, 4) is 5.75 Å². The molecule has 10 heteroatoms. The van der Waals surface area contributed by atoms with Crippen LogP contribution in [0, 0.1) is 6.92 Å². The molecule has 0 aliphatic heterocycles. The second-order valence-corrected chi connectivity index (χ2v) is 7.69. The van der Waals surface area contributed by atoms with E-state index in [-0.39, 0.29) is 10.3 Å². The number of aryl methyl sites for hydroxylation is 1. The number of carboxylic acid groups (broad SMARTS) is 1. The first-order chi connectivity index (χ1) is 13.8. The van der Waals surface area contributed by atoms with E-state index in [1.54, 1.807) is 32.0 Å². The highest BCUT2D eigenvalue weighted by atomic mass is 35.5. The molecular weight excluding hydrogens is 418 g/mol. The molecule has 1 aromatic carbocycles. The van der Waals surface area contributed by atoms with Crippen molar-refractivity contribution in [3.63, 3.8) is 0 Å². The average Bonchev–Trinajstić information content (AvgIpc) is 3.02. The van der Waals surface area contributed by atoms with Crippen LogP contribution in [0.5, 0.6) is 5.75 Å². The van der Waals surface area contributed by atoms with Crippen molar-refractivity contribution in [3.05, 3.63) is 50.3 Å². The number of hydrogen-bond donors (Lipinski definition) is 2. The summed E-state index contributed by atoms with van der Waals surface area (Å²) in [6.45, 7) is 3.33. The van der Waals surface area contributed by atoms with E-state index >= 15 is 0 Å². The van der Waals surface area contributed by atoms with E-state index in [2.05, 4.69) is 10.3 Å². The lowest BCUT2D eigenvalue weighted by Gasteiger charge is -2.18. The van der Waals surface area contributed by atoms with Gasteiger partial charge in [-0.2, -0.15) is 0 Å². The highest BCUT2D eigenvalue weighted by molar-refractivity contribution is 7.20. The number of hydrogen-bond acceptors (Lipinski definition) is 6. The minimum Gasteiger partial charge on any atom is -0.495 e. The van der Waals surface area contributed by atoms with Gasteiger partial charge in [0.15, 0.2) is 0 Å². The third-order valence-corrected chi connectivity index (χ3v) is 5.94. The Hall–Kier alpha value is -2.91. The molecule has 1 atom stereocenters. The SMILES string of the molecule is CCC(C(=O)Nc1cc(Cl)ccc1OC)n1cnc2sc(C(=O)O)c(C)c2c1=O. The Balaban J connectivity index is 2.03. The number of aromatic carboxylic acids is 1. The molecule has 0 spiro atoms. The van der Waals surface area contributed by atoms with Crippen LogP contribution in [-0.2, 0) is 4.79 Å². The Morgan fingerprint density at radius 2 is 2.14 bits per heavy atom. The fraction of sp³-hybridized carbons (Fsp3) is 0.263. The van der Waals surface area contributed by atoms with Crippen LogP contribution in [0.3, 0.4) is 0 Å². The second kappa shape index (κ2) is 8.22. The third-order valence-electron chi connectivity index (χ3n) is 4.51. The van der Waals surface area contributed by atoms with E-state index < -0.39 is 23.5 Å². The van der Waals surface area contributed by atoms with Crippen molar-refractivity contribution >= 4 is 50.7 Å². The Labute approximate surface area is 174 Å². The number of aromatic nitrogens is 2. The van der Waals surface area contributed by atoms with E-state index in [1.165, 1.54) is 18.0 Å². The summed E-state index contributed by atoms with van der Waals surface area (Å²) >= 11 is 6.94. The fourth-order valence-electron chi connectivity index (χ4n) is 3.07. The summed E-state index contributed by atoms with van der Waals surface area (Å²) in [6, 6.07) is 3.96. The minimum atomic E-state index is -1.12. The van der Waals surface area contributed by atoms with Gasteiger partial charge >= 0.3 is 5.97 Å². The number of methoxy groups -OCH3 is 1. The van der Waals surface area contributed by atoms with Crippen LogP contribution in [0.1, 0.15) is 34.6 Å². The van der Waals surface area contributed by atoms with E-state index in [4.69, 9.17) is 16.3 Å². The van der Waals surface area contributed by atoms with E-state index in [0.29, 0.717) is 33.3 Å². The normalized spacial score (nSPS) is 12.0. The summed E-state index contributed by atoms with van der Waals surface area (Å²) in [5.41, 5.74) is 0.262. The lowest BCUT2D eigenvalue weighted by atomic mass is 10.1. The van der Waals surface area contributed by atoms with Crippen LogP contribution >= 0.6 is 22.9 Å². The predicted octanol–water partition coefficient (Wildman–Crippen LogP) is 3.72. The molecule has 152 valence electrons. The molecule has 0 bridgehead atoms. The molecule has 2 heterocycles. The molecule has 3 rings (SSSR count). The Morgan fingerprint density at radius 1 is 1.41 bits per heavy atom. The molecule has 0 fully saturated rings. The lowest BCUT2D eigenvalue weighted by molar-refractivity contribution is -0.119. The molecule has 1 unspecified atom stereocenters. The summed E-state index contributed by atoms with van der Waals surface area (Å²) < 4.78 is 6.46. The minimum absolute atomic E-state index is 0.0588. The molecule has 0 aliphatic rings. The standard InChI is InChI=1S/C19H18ClN3O5S/c1-4-12(16(24)22-11-7-10(20)5-6-13(11)28-3)23-8-21-17-14(18(23)25)9(2)15(29-17)19(26)27/h5-8,12H,4H2,1-3H3,(H,22,24)(H,26,27). The number of ether oxygens (including phenoxy) is 1. The van der Waals surface area contributed by atoms with Gasteiger partial charge in [-0.1, -0.05) is 18.5 Å². The maximum absolute atomic E-state index is 13.0. The van der Waals surface area contributed by atoms with Crippen molar-refractivity contribution in [2.45, 2.75) is 26.3 Å². The third kappa shape index (κ3) is 3.83. The Morgan fingerprint density at radius 3 is 2.76 bits per heavy atom. The zero-order valence-electron chi connectivity index (χ0n) is 15.9. The summed E-state index contributed by atoms with van der Waals surface area (Å²) in [4.78, 5) is 41.9. The molecule has 0 saturated carbocycles. The number of carboxylic acids is 1. The summed E-state index contributed by atoms with van der Waals surface area (Å²) in [6.07, 6.45) is 1.59. The maximum atomic E-state index is 13.0. The van der Waals surface area contributed by atoms with Gasteiger partial charge < -0.3 is 15.2 Å². The van der Waals surface area contributed by atoms with E-state index in [0.717, 1.165) is 11.3 Å². The largest absolute Gasteiger partial charge is 0.495 e. The topological polar surface area (TPSA) is 111 Å². The fourth-order valence-corrected chi connectivity index (χ4v) is 4.22. The van der Waals surface area contributed by atoms with E-state index in [1.807, 2.05) is 0 Å². The predicted molar refractivity (Wildman–Crippen MR) is 112 cm³/mol. The Bertz CT molecular complexity index is 1170. The van der Waals surface area contributed by atoms with E-state index in [9.17, 15) is 19.5 Å². The van der Waals surface area contributed by atoms with Gasteiger partial charge in [-0.15, -0.1) is 11.3 Å². The van der Waals surface area contributed by atoms with Gasteiger partial charge in [0.25, 0.3) is 5.56 Å². The molecule has 2 aromatic heterocycles. The van der Waals surface area contributed by atoms with Gasteiger partial charge in [0.2, 0.25) is 5.91 Å². The van der Waals surface area contributed by atoms with Gasteiger partial charge in [0, 0.05) is 5.02 Å². The zero-order chi connectivity index (χ0) is 21.3. The number of anilines is 1. The number of nitrogens with one attached hydrogen (secondary N) is 1. The number of fused-ring (bicyclic) bond motifs is 1. The molecular formula is C19H18ClN3O5S. The van der Waals surface area contributed by atoms with Crippen LogP contribution in [-0.4, -0.2) is 33.6 Å². The van der Waals surface area contributed by atoms with Crippen molar-refractivity contribution in [1.29, 1.82) is 0 Å². The Kier molecular flexibility index (Phi) is 5.90. The van der Waals surface area contributed by atoms with Crippen molar-refractivity contribution in [2.75, 3.05) is 12.4 Å². The number of benzene rings is 1. The number of carbonyl (C=O) groups excluding carboxylic acids is 1. The van der Waals surface area contributed by atoms with Crippen LogP contribution in [0.2, 0.25) is 5.02 Å². The number of thiophene rings is 1. The molecule has 1 amide bonds. The molecule has 3 aromatic rings. The summed E-state index contributed by atoms with van der Waals surface area (Å²) in [5.74, 6) is -1.13. The number of amides is 1. The summed E-state index contributed by atoms with van der Waals surface area (Å²) in [7, 11) is 1.47. The molecule has 29 heavy (non-hydrogen) atoms. The van der Waals surface area contributed by atoms with Crippen molar-refractivity contribution < 1.29 is 19.4 Å². The zero-order valence-corrected chi connectivity index (χ0v) is 17.4. The number of carbonyl (C=O) groups is 2. The van der Waals surface area contributed by atoms with Gasteiger partial charge in [-0.3, -0.25) is 14.2 Å². The monoisotopic (exact) mass is 435 g/mol. The number of rotatable bonds is 6. The van der Waals surface area contributed by atoms with Gasteiger partial charge in [-0.05, 0) is 37.1 Å². The first-order valence-corrected chi connectivity index (χ1v) is 9.85. The van der Waals surface area contributed by atoms with Crippen LogP contribution in [0.15, 0.2) is 29.3 Å². The number of nitrogens with zero attached hydrogens (tertiary/aromatic N) is 2. The number of halogens is 1. The van der Waals surface area contributed by atoms with Crippen molar-refractivity contribution in [1.82, 2.24) is 9.55 Å². The first-order valence-electron chi connectivity index (χ1n) is 8.66. The lowest BCUT2D eigenvalue weighted by Crippen LogP contribution is -2.33. The quantitative estimate of drug-likeness (QED) is 0.610. The molecule has 0 saturated heterocycles. The molecule has 0 aliphatic carbocycles. The highest BCUT2D eigenvalue weighted by Crippen LogP contribution is 2.30. The summed E-state index contributed by atoms with van der Waals surface area (Å²) in [5, 5.41) is 12.7. The van der Waals surface area contributed by atoms with Gasteiger partial charge in [0.1, 0.15) is 21.5 Å². The van der Waals surface area contributed by atoms with Gasteiger partial charge in [0.05, 0.1) is 24.5 Å². The average molecular weight is 436 g/mol. The molecule has 2 N–H and O–H groups in total. The smallest absolute Gasteiger partial charge is 0.346 e. The van der Waals surface area contributed by atoms with Gasteiger partial charge in [-0.25, -0.2) is 9.78 Å². The molecule has 8 nitrogen and oxygen atoms in total. The van der Waals surface area contributed by atoms with Crippen LogP contribution < -0.4 is 15.6 Å².